The third kappa shape index (κ3) is 3.92. The predicted molar refractivity (Wildman–Crippen MR) is 81.3 cm³/mol. The van der Waals surface area contributed by atoms with E-state index in [1.54, 1.807) is 6.20 Å². The fourth-order valence-electron chi connectivity index (χ4n) is 2.05. The molecule has 2 rings (SSSR count). The van der Waals surface area contributed by atoms with Crippen molar-refractivity contribution in [2.75, 3.05) is 20.3 Å². The van der Waals surface area contributed by atoms with Crippen molar-refractivity contribution in [1.82, 2.24) is 10.3 Å². The minimum Gasteiger partial charge on any atom is -0.491 e. The maximum absolute atomic E-state index is 11.7. The molecule has 1 unspecified atom stereocenters. The van der Waals surface area contributed by atoms with Gasteiger partial charge in [0.15, 0.2) is 0 Å². The summed E-state index contributed by atoms with van der Waals surface area (Å²) in [5.41, 5.74) is 0.867. The zero-order valence-corrected chi connectivity index (χ0v) is 12.3. The largest absolute Gasteiger partial charge is 0.491 e. The Hall–Kier alpha value is -2.14. The summed E-state index contributed by atoms with van der Waals surface area (Å²) in [5, 5.41) is 4.05. The molecule has 1 aromatic heterocycles. The Kier molecular flexibility index (Phi) is 5.51. The fourth-order valence-corrected chi connectivity index (χ4v) is 2.05. The third-order valence-electron chi connectivity index (χ3n) is 3.14. The van der Waals surface area contributed by atoms with E-state index in [2.05, 4.69) is 10.3 Å². The van der Waals surface area contributed by atoms with Crippen molar-refractivity contribution in [2.45, 2.75) is 19.4 Å². The number of carbonyl (C=O) groups excluding carboxylic acids is 1. The topological polar surface area (TPSA) is 60.5 Å². The molecule has 0 saturated heterocycles. The quantitative estimate of drug-likeness (QED) is 0.791. The van der Waals surface area contributed by atoms with Crippen LogP contribution < -0.4 is 10.1 Å². The summed E-state index contributed by atoms with van der Waals surface area (Å²) in [6.45, 7) is 3.00. The predicted octanol–water partition coefficient (Wildman–Crippen LogP) is 2.15. The molecule has 21 heavy (non-hydrogen) atoms. The molecule has 0 aliphatic carbocycles. The van der Waals surface area contributed by atoms with Crippen molar-refractivity contribution in [3.63, 3.8) is 0 Å². The smallest absolute Gasteiger partial charge is 0.326 e. The van der Waals surface area contributed by atoms with Gasteiger partial charge in [-0.15, -0.1) is 0 Å². The molecule has 0 amide bonds. The molecule has 112 valence electrons. The second-order valence-electron chi connectivity index (χ2n) is 4.67. The Morgan fingerprint density at radius 3 is 2.95 bits per heavy atom. The minimum absolute atomic E-state index is 0.223. The summed E-state index contributed by atoms with van der Waals surface area (Å²) >= 11 is 0. The van der Waals surface area contributed by atoms with Gasteiger partial charge in [-0.25, -0.2) is 0 Å². The highest BCUT2D eigenvalue weighted by atomic mass is 16.5. The summed E-state index contributed by atoms with van der Waals surface area (Å²) in [6, 6.07) is 9.03. The van der Waals surface area contributed by atoms with Gasteiger partial charge in [0.2, 0.25) is 0 Å². The second-order valence-corrected chi connectivity index (χ2v) is 4.67. The normalized spacial score (nSPS) is 12.1. The van der Waals surface area contributed by atoms with Gasteiger partial charge >= 0.3 is 5.97 Å². The van der Waals surface area contributed by atoms with Gasteiger partial charge in [0.05, 0.1) is 12.6 Å². The van der Waals surface area contributed by atoms with E-state index in [-0.39, 0.29) is 12.6 Å². The number of nitrogens with one attached hydrogen (secondary N) is 1. The maximum atomic E-state index is 11.7. The highest BCUT2D eigenvalue weighted by Crippen LogP contribution is 2.23. The first kappa shape index (κ1) is 15.3. The molecule has 1 N–H and O–H groups in total. The molecule has 0 spiro atoms. The first-order valence-electron chi connectivity index (χ1n) is 7.04. The Bertz CT molecular complexity index is 596. The van der Waals surface area contributed by atoms with E-state index >= 15 is 0 Å². The molecule has 0 saturated carbocycles. The second kappa shape index (κ2) is 7.59. The first-order chi connectivity index (χ1) is 10.3. The average molecular weight is 288 g/mol. The lowest BCUT2D eigenvalue weighted by atomic mass is 10.2. The van der Waals surface area contributed by atoms with Crippen LogP contribution in [-0.2, 0) is 9.53 Å². The summed E-state index contributed by atoms with van der Waals surface area (Å²) < 4.78 is 10.6. The number of nitrogens with zero attached hydrogens (tertiary/aromatic N) is 1. The molecule has 5 nitrogen and oxygen atoms in total. The number of rotatable bonds is 7. The molecular weight excluding hydrogens is 268 g/mol. The molecule has 0 aliphatic heterocycles. The van der Waals surface area contributed by atoms with Gasteiger partial charge in [-0.05, 0) is 37.2 Å². The van der Waals surface area contributed by atoms with E-state index in [9.17, 15) is 4.79 Å². The molecule has 1 heterocycles. The highest BCUT2D eigenvalue weighted by molar-refractivity contribution is 5.84. The summed E-state index contributed by atoms with van der Waals surface area (Å²) in [5.74, 6) is 0.398. The summed E-state index contributed by atoms with van der Waals surface area (Å²) in [7, 11) is 1.38. The molecule has 0 radical (unpaired) electrons. The van der Waals surface area contributed by atoms with Crippen molar-refractivity contribution in [1.29, 1.82) is 0 Å². The lowest BCUT2D eigenvalue weighted by Gasteiger charge is -2.17. The number of fused-ring (bicyclic) bond motifs is 1. The van der Waals surface area contributed by atoms with Crippen molar-refractivity contribution >= 4 is 16.9 Å². The number of carbonyl (C=O) groups is 1. The van der Waals surface area contributed by atoms with Crippen LogP contribution in [0, 0.1) is 0 Å². The van der Waals surface area contributed by atoms with Gasteiger partial charge in [-0.3, -0.25) is 9.78 Å². The van der Waals surface area contributed by atoms with Crippen molar-refractivity contribution in [2.24, 2.45) is 0 Å². The Labute approximate surface area is 124 Å². The maximum Gasteiger partial charge on any atom is 0.326 e. The van der Waals surface area contributed by atoms with Crippen LogP contribution in [0.1, 0.15) is 13.3 Å². The number of hydrogen-bond acceptors (Lipinski definition) is 5. The Balaban J connectivity index is 2.10. The van der Waals surface area contributed by atoms with Crippen LogP contribution >= 0.6 is 0 Å². The SMILES string of the molecule is CCCNC(COc1cccc2ncccc12)C(=O)OC. The van der Waals surface area contributed by atoms with E-state index < -0.39 is 6.04 Å². The summed E-state index contributed by atoms with van der Waals surface area (Å²) in [6.07, 6.45) is 2.68. The number of ether oxygens (including phenoxy) is 2. The molecule has 0 fully saturated rings. The molecule has 2 aromatic rings. The lowest BCUT2D eigenvalue weighted by molar-refractivity contribution is -0.143. The fraction of sp³-hybridized carbons (Fsp3) is 0.375. The van der Waals surface area contributed by atoms with Crippen LogP contribution in [0.15, 0.2) is 36.5 Å². The van der Waals surface area contributed by atoms with Gasteiger partial charge in [-0.2, -0.15) is 0 Å². The van der Waals surface area contributed by atoms with Crippen molar-refractivity contribution in [3.05, 3.63) is 36.5 Å². The van der Waals surface area contributed by atoms with Crippen molar-refractivity contribution < 1.29 is 14.3 Å². The molecular formula is C16H20N2O3. The number of benzene rings is 1. The number of hydrogen-bond donors (Lipinski definition) is 1. The minimum atomic E-state index is -0.470. The molecule has 1 aromatic carbocycles. The molecule has 0 aliphatic rings. The summed E-state index contributed by atoms with van der Waals surface area (Å²) in [4.78, 5) is 16.0. The molecule has 1 atom stereocenters. The van der Waals surface area contributed by atoms with E-state index in [4.69, 9.17) is 9.47 Å². The van der Waals surface area contributed by atoms with E-state index in [1.807, 2.05) is 37.3 Å². The monoisotopic (exact) mass is 288 g/mol. The van der Waals surface area contributed by atoms with Gasteiger partial charge in [0.25, 0.3) is 0 Å². The zero-order chi connectivity index (χ0) is 15.1. The number of aromatic nitrogens is 1. The van der Waals surface area contributed by atoms with Crippen molar-refractivity contribution in [3.8, 4) is 5.75 Å². The van der Waals surface area contributed by atoms with Crippen LogP contribution in [0.2, 0.25) is 0 Å². The molecule has 5 heteroatoms. The first-order valence-corrected chi connectivity index (χ1v) is 7.04. The van der Waals surface area contributed by atoms with Gasteiger partial charge < -0.3 is 14.8 Å². The van der Waals surface area contributed by atoms with Crippen LogP contribution in [0.25, 0.3) is 10.9 Å². The number of methoxy groups -OCH3 is 1. The lowest BCUT2D eigenvalue weighted by Crippen LogP contribution is -2.42. The van der Waals surface area contributed by atoms with Crippen LogP contribution in [0.3, 0.4) is 0 Å². The molecule has 0 bridgehead atoms. The highest BCUT2D eigenvalue weighted by Gasteiger charge is 2.19. The van der Waals surface area contributed by atoms with E-state index in [0.717, 1.165) is 23.9 Å². The van der Waals surface area contributed by atoms with Crippen LogP contribution in [0.5, 0.6) is 5.75 Å². The third-order valence-corrected chi connectivity index (χ3v) is 3.14. The van der Waals surface area contributed by atoms with Gasteiger partial charge in [0, 0.05) is 11.6 Å². The van der Waals surface area contributed by atoms with E-state index in [1.165, 1.54) is 7.11 Å². The Morgan fingerprint density at radius 2 is 2.19 bits per heavy atom. The average Bonchev–Trinajstić information content (AvgIpc) is 2.54. The van der Waals surface area contributed by atoms with Crippen LogP contribution in [-0.4, -0.2) is 37.3 Å². The zero-order valence-electron chi connectivity index (χ0n) is 12.3. The standard InChI is InChI=1S/C16H20N2O3/c1-3-9-17-14(16(19)20-2)11-21-15-8-4-7-13-12(15)6-5-10-18-13/h4-8,10,14,17H,3,9,11H2,1-2H3. The van der Waals surface area contributed by atoms with E-state index in [0.29, 0.717) is 5.75 Å². The Morgan fingerprint density at radius 1 is 1.33 bits per heavy atom. The van der Waals surface area contributed by atoms with Crippen LogP contribution in [0.4, 0.5) is 0 Å². The van der Waals surface area contributed by atoms with Gasteiger partial charge in [0.1, 0.15) is 18.4 Å². The number of esters is 1. The number of pyridine rings is 1. The van der Waals surface area contributed by atoms with Gasteiger partial charge in [-0.1, -0.05) is 13.0 Å².